The first-order valence-electron chi connectivity index (χ1n) is 8.56. The lowest BCUT2D eigenvalue weighted by Crippen LogP contribution is -2.58. The van der Waals surface area contributed by atoms with Crippen molar-refractivity contribution in [3.05, 3.63) is 0 Å². The van der Waals surface area contributed by atoms with Crippen molar-refractivity contribution in [2.75, 3.05) is 40.4 Å². The van der Waals surface area contributed by atoms with Crippen molar-refractivity contribution >= 4 is 17.9 Å². The van der Waals surface area contributed by atoms with Crippen LogP contribution in [0.1, 0.15) is 20.8 Å². The van der Waals surface area contributed by atoms with Crippen molar-refractivity contribution in [1.82, 2.24) is 0 Å². The highest BCUT2D eigenvalue weighted by Crippen LogP contribution is 2.25. The maximum atomic E-state index is 11.5. The van der Waals surface area contributed by atoms with Gasteiger partial charge in [-0.2, -0.15) is 0 Å². The highest BCUT2D eigenvalue weighted by atomic mass is 16.7. The Morgan fingerprint density at radius 1 is 1.04 bits per heavy atom. The van der Waals surface area contributed by atoms with Gasteiger partial charge in [0.1, 0.15) is 13.1 Å². The van der Waals surface area contributed by atoms with Gasteiger partial charge in [-0.25, -0.2) is 0 Å². The normalized spacial score (nSPS) is 25.2. The van der Waals surface area contributed by atoms with Crippen molar-refractivity contribution in [2.24, 2.45) is 0 Å². The summed E-state index contributed by atoms with van der Waals surface area (Å²) in [5.41, 5.74) is 0. The van der Waals surface area contributed by atoms with Crippen LogP contribution >= 0.6 is 0 Å². The van der Waals surface area contributed by atoms with Crippen LogP contribution in [-0.4, -0.2) is 87.4 Å². The molecule has 0 saturated carbocycles. The minimum Gasteiger partial charge on any atom is -0.456 e. The molecule has 0 aromatic rings. The van der Waals surface area contributed by atoms with Gasteiger partial charge in [0.15, 0.2) is 24.6 Å². The summed E-state index contributed by atoms with van der Waals surface area (Å²) in [6.07, 6.45) is 1.34. The maximum Gasteiger partial charge on any atom is 0.303 e. The molecule has 152 valence electrons. The number of carbonyl (C=O) groups excluding carboxylic acids is 3. The Hall–Kier alpha value is -2.15. The van der Waals surface area contributed by atoms with E-state index >= 15 is 0 Å². The Labute approximate surface area is 159 Å². The number of nitrogens with zero attached hydrogens (tertiary/aromatic N) is 1. The molecular formula is C18H28NO8+. The Balaban J connectivity index is 2.89. The van der Waals surface area contributed by atoms with Gasteiger partial charge in [-0.3, -0.25) is 14.4 Å². The summed E-state index contributed by atoms with van der Waals surface area (Å²) >= 11 is 0. The molecule has 0 unspecified atom stereocenters. The molecule has 0 bridgehead atoms. The number of likely N-dealkylation sites (N-methyl/N-ethyl adjacent to an activating group) is 1. The Bertz CT molecular complexity index is 582. The zero-order chi connectivity index (χ0) is 20.6. The first-order chi connectivity index (χ1) is 12.6. The summed E-state index contributed by atoms with van der Waals surface area (Å²) in [4.78, 5) is 34.3. The van der Waals surface area contributed by atoms with E-state index in [1.807, 2.05) is 14.1 Å². The molecule has 1 saturated heterocycles. The third kappa shape index (κ3) is 7.95. The fraction of sp³-hybridized carbons (Fsp3) is 0.722. The van der Waals surface area contributed by atoms with Crippen molar-refractivity contribution in [2.45, 2.75) is 45.4 Å². The van der Waals surface area contributed by atoms with Gasteiger partial charge >= 0.3 is 17.9 Å². The number of ether oxygens (including phenoxy) is 5. The van der Waals surface area contributed by atoms with Crippen molar-refractivity contribution in [3.63, 3.8) is 0 Å². The fourth-order valence-corrected chi connectivity index (χ4v) is 2.59. The number of hydrogen-bond donors (Lipinski definition) is 0. The van der Waals surface area contributed by atoms with Gasteiger partial charge in [0.2, 0.25) is 0 Å². The van der Waals surface area contributed by atoms with Crippen LogP contribution < -0.4 is 0 Å². The van der Waals surface area contributed by atoms with Crippen LogP contribution in [0.4, 0.5) is 0 Å². The molecule has 0 N–H and O–H groups in total. The van der Waals surface area contributed by atoms with E-state index < -0.39 is 42.5 Å². The number of carbonyl (C=O) groups is 3. The van der Waals surface area contributed by atoms with E-state index in [-0.39, 0.29) is 13.2 Å². The Kier molecular flexibility index (Phi) is 8.69. The van der Waals surface area contributed by atoms with E-state index in [4.69, 9.17) is 30.1 Å². The Morgan fingerprint density at radius 2 is 1.59 bits per heavy atom. The predicted molar refractivity (Wildman–Crippen MR) is 93.0 cm³/mol. The van der Waals surface area contributed by atoms with Gasteiger partial charge < -0.3 is 28.2 Å². The SMILES string of the molecule is C#CC[N+](C)(C)CCO[C@H]1OC[C@H](OC(C)=O)[C@H](OC(C)=O)[C@H]1OC(C)=O. The van der Waals surface area contributed by atoms with Gasteiger partial charge in [0.05, 0.1) is 27.3 Å². The quantitative estimate of drug-likeness (QED) is 0.246. The Morgan fingerprint density at radius 3 is 2.11 bits per heavy atom. The van der Waals surface area contributed by atoms with Gasteiger partial charge in [-0.05, 0) is 5.92 Å². The fourth-order valence-electron chi connectivity index (χ4n) is 2.59. The first-order valence-corrected chi connectivity index (χ1v) is 8.56. The molecule has 1 aliphatic heterocycles. The molecule has 1 heterocycles. The van der Waals surface area contributed by atoms with Crippen molar-refractivity contribution in [3.8, 4) is 12.3 Å². The van der Waals surface area contributed by atoms with Crippen LogP contribution in [-0.2, 0) is 38.1 Å². The van der Waals surface area contributed by atoms with E-state index in [1.54, 1.807) is 0 Å². The molecule has 9 heteroatoms. The van der Waals surface area contributed by atoms with Crippen LogP contribution in [0.25, 0.3) is 0 Å². The van der Waals surface area contributed by atoms with E-state index in [1.165, 1.54) is 20.8 Å². The standard InChI is InChI=1S/C18H28NO8/c1-7-8-19(5,6)9-10-23-18-17(27-14(4)22)16(26-13(3)21)15(11-24-18)25-12(2)20/h1,15-18H,8-11H2,2-6H3/q+1/t15-,16-,17+,18-/m0/s1. The average Bonchev–Trinajstić information content (AvgIpc) is 2.50. The summed E-state index contributed by atoms with van der Waals surface area (Å²) < 4.78 is 27.5. The zero-order valence-electron chi connectivity index (χ0n) is 16.4. The minimum absolute atomic E-state index is 0.0669. The summed E-state index contributed by atoms with van der Waals surface area (Å²) in [5.74, 6) is 0.801. The molecule has 9 nitrogen and oxygen atoms in total. The molecule has 1 fully saturated rings. The van der Waals surface area contributed by atoms with E-state index in [0.29, 0.717) is 17.6 Å². The molecule has 0 radical (unpaired) electrons. The second-order valence-electron chi connectivity index (χ2n) is 6.89. The summed E-state index contributed by atoms with van der Waals surface area (Å²) in [6.45, 7) is 4.95. The third-order valence-corrected chi connectivity index (χ3v) is 3.80. The number of rotatable bonds is 8. The average molecular weight is 386 g/mol. The monoisotopic (exact) mass is 386 g/mol. The van der Waals surface area contributed by atoms with E-state index in [9.17, 15) is 14.4 Å². The van der Waals surface area contributed by atoms with Crippen molar-refractivity contribution in [1.29, 1.82) is 0 Å². The van der Waals surface area contributed by atoms with Crippen LogP contribution in [0.3, 0.4) is 0 Å². The minimum atomic E-state index is -1.08. The largest absolute Gasteiger partial charge is 0.456 e. The topological polar surface area (TPSA) is 97.4 Å². The molecular weight excluding hydrogens is 358 g/mol. The maximum absolute atomic E-state index is 11.5. The summed E-state index contributed by atoms with van der Waals surface area (Å²) in [7, 11) is 3.90. The van der Waals surface area contributed by atoms with Crippen LogP contribution in [0, 0.1) is 12.3 Å². The number of esters is 3. The number of hydrogen-bond acceptors (Lipinski definition) is 8. The molecule has 1 rings (SSSR count). The molecule has 4 atom stereocenters. The van der Waals surface area contributed by atoms with Crippen LogP contribution in [0.15, 0.2) is 0 Å². The van der Waals surface area contributed by atoms with Gasteiger partial charge in [-0.15, -0.1) is 6.42 Å². The summed E-state index contributed by atoms with van der Waals surface area (Å²) in [6, 6.07) is 0. The molecule has 27 heavy (non-hydrogen) atoms. The van der Waals surface area contributed by atoms with E-state index in [2.05, 4.69) is 5.92 Å². The second kappa shape index (κ2) is 10.3. The van der Waals surface area contributed by atoms with Gasteiger partial charge in [0.25, 0.3) is 0 Å². The van der Waals surface area contributed by atoms with Gasteiger partial charge in [-0.1, -0.05) is 0 Å². The lowest BCUT2D eigenvalue weighted by Gasteiger charge is -2.40. The molecule has 0 amide bonds. The van der Waals surface area contributed by atoms with Crippen LogP contribution in [0.5, 0.6) is 0 Å². The zero-order valence-corrected chi connectivity index (χ0v) is 16.4. The third-order valence-electron chi connectivity index (χ3n) is 3.80. The lowest BCUT2D eigenvalue weighted by molar-refractivity contribution is -0.883. The van der Waals surface area contributed by atoms with E-state index in [0.717, 1.165) is 0 Å². The lowest BCUT2D eigenvalue weighted by atomic mass is 10.0. The smallest absolute Gasteiger partial charge is 0.303 e. The molecule has 0 aliphatic carbocycles. The summed E-state index contributed by atoms with van der Waals surface area (Å²) in [5, 5.41) is 0. The molecule has 0 spiro atoms. The number of quaternary nitrogens is 1. The molecule has 0 aromatic heterocycles. The first kappa shape index (κ1) is 22.9. The van der Waals surface area contributed by atoms with Crippen LogP contribution in [0.2, 0.25) is 0 Å². The molecule has 0 aromatic carbocycles. The molecule has 1 aliphatic rings. The van der Waals surface area contributed by atoms with Crippen molar-refractivity contribution < 1.29 is 42.6 Å². The second-order valence-corrected chi connectivity index (χ2v) is 6.89. The predicted octanol–water partition coefficient (Wildman–Crippen LogP) is -0.136. The highest BCUT2D eigenvalue weighted by Gasteiger charge is 2.47. The van der Waals surface area contributed by atoms with Gasteiger partial charge in [0, 0.05) is 20.8 Å². The highest BCUT2D eigenvalue weighted by molar-refractivity contribution is 5.68. The number of terminal acetylenes is 1.